The number of carbonyl (C=O) groups excluding carboxylic acids is 2. The maximum atomic E-state index is 11.1. The minimum atomic E-state index is -0.801. The van der Waals surface area contributed by atoms with Crippen molar-refractivity contribution in [3.63, 3.8) is 0 Å². The monoisotopic (exact) mass is 212 g/mol. The Balaban J connectivity index is 4.95. The Kier molecular flexibility index (Phi) is 5.15. The minimum Gasteiger partial charge on any atom is -0.465 e. The summed E-state index contributed by atoms with van der Waals surface area (Å²) in [4.78, 5) is 23.8. The molecule has 0 saturated carbocycles. The van der Waals surface area contributed by atoms with Crippen LogP contribution in [0.5, 0.6) is 0 Å². The molecule has 15 heavy (non-hydrogen) atoms. The van der Waals surface area contributed by atoms with Gasteiger partial charge in [0.05, 0.1) is 7.11 Å². The van der Waals surface area contributed by atoms with Crippen molar-refractivity contribution in [1.29, 1.82) is 0 Å². The molecule has 1 amide bonds. The number of hydrogen-bond acceptors (Lipinski definition) is 4. The third kappa shape index (κ3) is 4.30. The third-order valence-corrected chi connectivity index (χ3v) is 1.87. The van der Waals surface area contributed by atoms with Crippen molar-refractivity contribution in [3.05, 3.63) is 23.4 Å². The van der Waals surface area contributed by atoms with Crippen LogP contribution in [0.25, 0.3) is 0 Å². The van der Waals surface area contributed by atoms with E-state index in [1.165, 1.54) is 13.2 Å². The standard InChI is InChI=1S/C10H16N2O3/c1-7(12(2)3)5-6-8(9(11)13)10(14)15-4/h5-6H,1-4H3,(H2,11,13)/b7-5+,8-6+. The summed E-state index contributed by atoms with van der Waals surface area (Å²) >= 11 is 0. The number of amides is 1. The molecule has 0 aliphatic heterocycles. The molecule has 0 spiro atoms. The molecule has 0 fully saturated rings. The van der Waals surface area contributed by atoms with E-state index in [9.17, 15) is 9.59 Å². The first-order valence-corrected chi connectivity index (χ1v) is 4.34. The number of nitrogens with zero attached hydrogens (tertiary/aromatic N) is 1. The van der Waals surface area contributed by atoms with Crippen molar-refractivity contribution < 1.29 is 14.3 Å². The SMILES string of the molecule is COC(=O)/C(=C/C=C(\C)N(C)C)C(N)=O. The Labute approximate surface area is 89.2 Å². The zero-order valence-electron chi connectivity index (χ0n) is 9.40. The highest BCUT2D eigenvalue weighted by molar-refractivity contribution is 6.15. The number of ether oxygens (including phenoxy) is 1. The maximum absolute atomic E-state index is 11.1. The van der Waals surface area contributed by atoms with Gasteiger partial charge in [-0.05, 0) is 19.1 Å². The van der Waals surface area contributed by atoms with E-state index in [-0.39, 0.29) is 5.57 Å². The van der Waals surface area contributed by atoms with Gasteiger partial charge in [-0.15, -0.1) is 0 Å². The highest BCUT2D eigenvalue weighted by Crippen LogP contribution is 2.01. The molecular weight excluding hydrogens is 196 g/mol. The Morgan fingerprint density at radius 3 is 2.13 bits per heavy atom. The number of primary amides is 1. The number of nitrogens with two attached hydrogens (primary N) is 1. The van der Waals surface area contributed by atoms with E-state index >= 15 is 0 Å². The van der Waals surface area contributed by atoms with Crippen molar-refractivity contribution in [3.8, 4) is 0 Å². The summed E-state index contributed by atoms with van der Waals surface area (Å²) in [6.07, 6.45) is 2.97. The zero-order valence-corrected chi connectivity index (χ0v) is 9.40. The van der Waals surface area contributed by atoms with E-state index in [2.05, 4.69) is 4.74 Å². The third-order valence-electron chi connectivity index (χ3n) is 1.87. The van der Waals surface area contributed by atoms with E-state index in [1.54, 1.807) is 6.08 Å². The number of esters is 1. The number of methoxy groups -OCH3 is 1. The van der Waals surface area contributed by atoms with Crippen LogP contribution < -0.4 is 5.73 Å². The lowest BCUT2D eigenvalue weighted by Crippen LogP contribution is -2.21. The summed E-state index contributed by atoms with van der Waals surface area (Å²) in [6.45, 7) is 1.84. The average molecular weight is 212 g/mol. The number of allylic oxidation sites excluding steroid dienone is 3. The van der Waals surface area contributed by atoms with E-state index in [4.69, 9.17) is 5.73 Å². The van der Waals surface area contributed by atoms with Crippen LogP contribution in [0.15, 0.2) is 23.4 Å². The van der Waals surface area contributed by atoms with E-state index < -0.39 is 11.9 Å². The van der Waals surface area contributed by atoms with Crippen LogP contribution in [-0.2, 0) is 14.3 Å². The molecule has 0 aliphatic carbocycles. The van der Waals surface area contributed by atoms with Gasteiger partial charge in [0.2, 0.25) is 0 Å². The number of rotatable bonds is 4. The van der Waals surface area contributed by atoms with Crippen LogP contribution in [0, 0.1) is 0 Å². The molecule has 0 heterocycles. The lowest BCUT2D eigenvalue weighted by atomic mass is 10.2. The quantitative estimate of drug-likeness (QED) is 0.235. The van der Waals surface area contributed by atoms with E-state index in [0.29, 0.717) is 0 Å². The van der Waals surface area contributed by atoms with Crippen LogP contribution in [-0.4, -0.2) is 38.0 Å². The topological polar surface area (TPSA) is 72.6 Å². The van der Waals surface area contributed by atoms with Crippen LogP contribution in [0.4, 0.5) is 0 Å². The zero-order chi connectivity index (χ0) is 12.0. The Bertz CT molecular complexity index is 317. The molecule has 0 bridgehead atoms. The van der Waals surface area contributed by atoms with E-state index in [0.717, 1.165) is 5.70 Å². The minimum absolute atomic E-state index is 0.168. The highest BCUT2D eigenvalue weighted by atomic mass is 16.5. The molecule has 0 rings (SSSR count). The summed E-state index contributed by atoms with van der Waals surface area (Å²) < 4.78 is 4.42. The maximum Gasteiger partial charge on any atom is 0.343 e. The normalized spacial score (nSPS) is 12.3. The van der Waals surface area contributed by atoms with Crippen LogP contribution >= 0.6 is 0 Å². The van der Waals surface area contributed by atoms with Gasteiger partial charge in [-0.25, -0.2) is 4.79 Å². The summed E-state index contributed by atoms with van der Waals surface area (Å²) in [5, 5.41) is 0. The predicted octanol–water partition coefficient (Wildman–Crippen LogP) is 0.0365. The molecule has 0 saturated heterocycles. The molecule has 0 atom stereocenters. The lowest BCUT2D eigenvalue weighted by molar-refractivity contribution is -0.137. The summed E-state index contributed by atoms with van der Waals surface area (Å²) in [6, 6.07) is 0. The second kappa shape index (κ2) is 5.85. The lowest BCUT2D eigenvalue weighted by Gasteiger charge is -2.11. The second-order valence-electron chi connectivity index (χ2n) is 3.14. The Morgan fingerprint density at radius 1 is 1.27 bits per heavy atom. The van der Waals surface area contributed by atoms with Gasteiger partial charge in [0, 0.05) is 19.8 Å². The van der Waals surface area contributed by atoms with Crippen molar-refractivity contribution in [2.45, 2.75) is 6.92 Å². The summed E-state index contributed by atoms with van der Waals surface area (Å²) in [5.74, 6) is -1.53. The molecule has 5 nitrogen and oxygen atoms in total. The van der Waals surface area contributed by atoms with Gasteiger partial charge in [-0.3, -0.25) is 4.79 Å². The average Bonchev–Trinajstić information content (AvgIpc) is 2.16. The van der Waals surface area contributed by atoms with Gasteiger partial charge in [-0.1, -0.05) is 0 Å². The molecule has 0 aromatic carbocycles. The van der Waals surface area contributed by atoms with Crippen molar-refractivity contribution >= 4 is 11.9 Å². The Morgan fingerprint density at radius 2 is 1.80 bits per heavy atom. The summed E-state index contributed by atoms with van der Waals surface area (Å²) in [7, 11) is 4.89. The first kappa shape index (κ1) is 13.2. The van der Waals surface area contributed by atoms with Crippen molar-refractivity contribution in [2.24, 2.45) is 5.73 Å². The van der Waals surface area contributed by atoms with Gasteiger partial charge < -0.3 is 15.4 Å². The Hall–Kier alpha value is -1.78. The fourth-order valence-corrected chi connectivity index (χ4v) is 0.714. The van der Waals surface area contributed by atoms with Gasteiger partial charge in [0.25, 0.3) is 5.91 Å². The molecule has 0 radical (unpaired) electrons. The molecule has 0 aliphatic rings. The number of hydrogen-bond donors (Lipinski definition) is 1. The van der Waals surface area contributed by atoms with Gasteiger partial charge in [-0.2, -0.15) is 0 Å². The second-order valence-corrected chi connectivity index (χ2v) is 3.14. The van der Waals surface area contributed by atoms with Crippen LogP contribution in [0.1, 0.15) is 6.92 Å². The van der Waals surface area contributed by atoms with Crippen molar-refractivity contribution in [1.82, 2.24) is 4.90 Å². The van der Waals surface area contributed by atoms with E-state index in [1.807, 2.05) is 25.9 Å². The van der Waals surface area contributed by atoms with Gasteiger partial charge in [0.15, 0.2) is 0 Å². The number of carbonyl (C=O) groups is 2. The van der Waals surface area contributed by atoms with Gasteiger partial charge in [0.1, 0.15) is 5.57 Å². The van der Waals surface area contributed by atoms with Crippen molar-refractivity contribution in [2.75, 3.05) is 21.2 Å². The van der Waals surface area contributed by atoms with Crippen LogP contribution in [0.3, 0.4) is 0 Å². The predicted molar refractivity (Wildman–Crippen MR) is 56.7 cm³/mol. The fraction of sp³-hybridized carbons (Fsp3) is 0.400. The molecule has 84 valence electrons. The van der Waals surface area contributed by atoms with Gasteiger partial charge >= 0.3 is 5.97 Å². The molecule has 0 unspecified atom stereocenters. The first-order valence-electron chi connectivity index (χ1n) is 4.34. The first-order chi connectivity index (χ1) is 6.90. The highest BCUT2D eigenvalue weighted by Gasteiger charge is 2.14. The molecule has 2 N–H and O–H groups in total. The fourth-order valence-electron chi connectivity index (χ4n) is 0.714. The smallest absolute Gasteiger partial charge is 0.343 e. The summed E-state index contributed by atoms with van der Waals surface area (Å²) in [5.41, 5.74) is 5.74. The van der Waals surface area contributed by atoms with Crippen LogP contribution in [0.2, 0.25) is 0 Å². The molecule has 5 heteroatoms. The molecule has 0 aromatic heterocycles. The molecular formula is C10H16N2O3. The molecule has 0 aromatic rings. The largest absolute Gasteiger partial charge is 0.465 e.